The van der Waals surface area contributed by atoms with Crippen molar-refractivity contribution in [1.29, 1.82) is 0 Å². The van der Waals surface area contributed by atoms with E-state index in [2.05, 4.69) is 5.32 Å². The molecule has 0 aliphatic rings. The molecule has 0 aliphatic heterocycles. The van der Waals surface area contributed by atoms with Crippen LogP contribution in [0, 0.1) is 5.82 Å². The number of nitrogens with zero attached hydrogens (tertiary/aromatic N) is 1. The molecule has 2 amide bonds. The summed E-state index contributed by atoms with van der Waals surface area (Å²) in [5.74, 6) is -0.220. The van der Waals surface area contributed by atoms with Gasteiger partial charge in [-0.25, -0.2) is 4.39 Å². The predicted octanol–water partition coefficient (Wildman–Crippen LogP) is 5.86. The molecular weight excluding hydrogens is 443 g/mol. The Kier molecular flexibility index (Phi) is 7.53. The van der Waals surface area contributed by atoms with E-state index in [4.69, 9.17) is 4.74 Å². The number of anilines is 2. The fourth-order valence-electron chi connectivity index (χ4n) is 3.71. The minimum absolute atomic E-state index is 0.124. The molecule has 0 radical (unpaired) electrons. The van der Waals surface area contributed by atoms with Crippen LogP contribution in [0.2, 0.25) is 0 Å². The lowest BCUT2D eigenvalue weighted by Crippen LogP contribution is -2.30. The zero-order valence-electron chi connectivity index (χ0n) is 19.3. The average Bonchev–Trinajstić information content (AvgIpc) is 2.88. The molecule has 0 unspecified atom stereocenters. The Labute approximate surface area is 203 Å². The molecule has 0 fully saturated rings. The van der Waals surface area contributed by atoms with Crippen molar-refractivity contribution in [3.63, 3.8) is 0 Å². The number of carbonyl (C=O) groups excluding carboxylic acids is 2. The first-order valence-electron chi connectivity index (χ1n) is 11.2. The van der Waals surface area contributed by atoms with Gasteiger partial charge in [-0.2, -0.15) is 0 Å². The summed E-state index contributed by atoms with van der Waals surface area (Å²) in [7, 11) is 1.56. The molecule has 0 spiro atoms. The van der Waals surface area contributed by atoms with Crippen LogP contribution < -0.4 is 15.0 Å². The van der Waals surface area contributed by atoms with E-state index in [1.807, 2.05) is 54.6 Å². The van der Waals surface area contributed by atoms with Gasteiger partial charge in [0.1, 0.15) is 11.6 Å². The molecule has 176 valence electrons. The summed E-state index contributed by atoms with van der Waals surface area (Å²) >= 11 is 0. The molecular formula is C29H25FN2O3. The minimum Gasteiger partial charge on any atom is -0.497 e. The van der Waals surface area contributed by atoms with Crippen LogP contribution in [0.15, 0.2) is 103 Å². The van der Waals surface area contributed by atoms with Crippen LogP contribution in [0.4, 0.5) is 15.8 Å². The minimum atomic E-state index is -0.411. The Morgan fingerprint density at radius 1 is 0.829 bits per heavy atom. The normalized spacial score (nSPS) is 10.5. The third-order valence-corrected chi connectivity index (χ3v) is 5.47. The third-order valence-electron chi connectivity index (χ3n) is 5.47. The fraction of sp³-hybridized carbons (Fsp3) is 0.103. The van der Waals surface area contributed by atoms with Crippen molar-refractivity contribution in [2.24, 2.45) is 0 Å². The Bertz CT molecular complexity index is 1310. The second-order valence-corrected chi connectivity index (χ2v) is 8.01. The van der Waals surface area contributed by atoms with Gasteiger partial charge in [-0.1, -0.05) is 54.6 Å². The van der Waals surface area contributed by atoms with Crippen LogP contribution in [0.3, 0.4) is 0 Å². The van der Waals surface area contributed by atoms with Crippen molar-refractivity contribution in [3.8, 4) is 5.75 Å². The van der Waals surface area contributed by atoms with Crippen LogP contribution in [0.25, 0.3) is 0 Å². The van der Waals surface area contributed by atoms with Crippen LogP contribution in [0.5, 0.6) is 5.75 Å². The van der Waals surface area contributed by atoms with E-state index in [1.165, 1.54) is 12.1 Å². The Morgan fingerprint density at radius 2 is 1.57 bits per heavy atom. The van der Waals surface area contributed by atoms with Crippen LogP contribution in [0.1, 0.15) is 21.5 Å². The van der Waals surface area contributed by atoms with Gasteiger partial charge in [0, 0.05) is 16.9 Å². The lowest BCUT2D eigenvalue weighted by molar-refractivity contribution is -0.115. The standard InChI is InChI=1S/C29H25FN2O3/c1-35-27-12-5-9-23(18-27)29(34)32(20-22-7-3-2-4-8-22)26-15-13-21(14-16-26)17-28(33)31-25-11-6-10-24(30)19-25/h2-16,18-19H,17,20H2,1H3,(H,31,33). The molecule has 4 aromatic carbocycles. The van der Waals surface area contributed by atoms with E-state index in [-0.39, 0.29) is 18.2 Å². The number of ether oxygens (including phenoxy) is 1. The summed E-state index contributed by atoms with van der Waals surface area (Å²) in [5, 5.41) is 2.70. The molecule has 35 heavy (non-hydrogen) atoms. The maximum atomic E-state index is 13.5. The summed E-state index contributed by atoms with van der Waals surface area (Å²) < 4.78 is 18.6. The van der Waals surface area contributed by atoms with Gasteiger partial charge >= 0.3 is 0 Å². The number of amides is 2. The van der Waals surface area contributed by atoms with Crippen molar-refractivity contribution in [3.05, 3.63) is 126 Å². The van der Waals surface area contributed by atoms with E-state index in [9.17, 15) is 14.0 Å². The molecule has 0 heterocycles. The van der Waals surface area contributed by atoms with E-state index >= 15 is 0 Å². The van der Waals surface area contributed by atoms with Crippen molar-refractivity contribution in [2.75, 3.05) is 17.3 Å². The highest BCUT2D eigenvalue weighted by Gasteiger charge is 2.19. The monoisotopic (exact) mass is 468 g/mol. The zero-order chi connectivity index (χ0) is 24.6. The van der Waals surface area contributed by atoms with Gasteiger partial charge in [0.15, 0.2) is 0 Å². The number of benzene rings is 4. The SMILES string of the molecule is COc1cccc(C(=O)N(Cc2ccccc2)c2ccc(CC(=O)Nc3cccc(F)c3)cc2)c1. The van der Waals surface area contributed by atoms with Gasteiger partial charge in [0.05, 0.1) is 20.1 Å². The topological polar surface area (TPSA) is 58.6 Å². The summed E-state index contributed by atoms with van der Waals surface area (Å²) in [5.41, 5.74) is 3.39. The van der Waals surface area contributed by atoms with E-state index < -0.39 is 5.82 Å². The maximum absolute atomic E-state index is 13.5. The first kappa shape index (κ1) is 23.7. The largest absolute Gasteiger partial charge is 0.497 e. The van der Waals surface area contributed by atoms with Crippen LogP contribution in [-0.4, -0.2) is 18.9 Å². The summed E-state index contributed by atoms with van der Waals surface area (Å²) in [4.78, 5) is 27.6. The third kappa shape index (κ3) is 6.32. The van der Waals surface area contributed by atoms with Gasteiger partial charge in [0.2, 0.25) is 5.91 Å². The van der Waals surface area contributed by atoms with Crippen molar-refractivity contribution >= 4 is 23.2 Å². The molecule has 1 N–H and O–H groups in total. The quantitative estimate of drug-likeness (QED) is 0.352. The average molecular weight is 469 g/mol. The molecule has 0 aliphatic carbocycles. The Balaban J connectivity index is 1.53. The molecule has 0 bridgehead atoms. The second-order valence-electron chi connectivity index (χ2n) is 8.01. The van der Waals surface area contributed by atoms with Crippen molar-refractivity contribution in [2.45, 2.75) is 13.0 Å². The number of hydrogen-bond donors (Lipinski definition) is 1. The number of hydrogen-bond acceptors (Lipinski definition) is 3. The molecule has 0 aromatic heterocycles. The molecule has 5 nitrogen and oxygen atoms in total. The molecule has 4 rings (SSSR count). The van der Waals surface area contributed by atoms with Crippen LogP contribution in [-0.2, 0) is 17.8 Å². The first-order chi connectivity index (χ1) is 17.0. The highest BCUT2D eigenvalue weighted by atomic mass is 19.1. The number of carbonyl (C=O) groups is 2. The summed E-state index contributed by atoms with van der Waals surface area (Å²) in [6.07, 6.45) is 0.124. The van der Waals surface area contributed by atoms with Gasteiger partial charge in [-0.3, -0.25) is 9.59 Å². The number of methoxy groups -OCH3 is 1. The predicted molar refractivity (Wildman–Crippen MR) is 135 cm³/mol. The summed E-state index contributed by atoms with van der Waals surface area (Å²) in [6.45, 7) is 0.385. The number of halogens is 1. The fourth-order valence-corrected chi connectivity index (χ4v) is 3.71. The highest BCUT2D eigenvalue weighted by molar-refractivity contribution is 6.06. The van der Waals surface area contributed by atoms with Crippen molar-refractivity contribution < 1.29 is 18.7 Å². The molecule has 0 saturated heterocycles. The lowest BCUT2D eigenvalue weighted by Gasteiger charge is -2.24. The Hall–Kier alpha value is -4.45. The van der Waals surface area contributed by atoms with Crippen LogP contribution >= 0.6 is 0 Å². The molecule has 4 aromatic rings. The maximum Gasteiger partial charge on any atom is 0.258 e. The number of nitrogens with one attached hydrogen (secondary N) is 1. The molecule has 6 heteroatoms. The molecule has 0 saturated carbocycles. The smallest absolute Gasteiger partial charge is 0.258 e. The number of rotatable bonds is 8. The van der Waals surface area contributed by atoms with Gasteiger partial charge in [-0.05, 0) is 59.7 Å². The second kappa shape index (κ2) is 11.1. The Morgan fingerprint density at radius 3 is 2.29 bits per heavy atom. The first-order valence-corrected chi connectivity index (χ1v) is 11.2. The zero-order valence-corrected chi connectivity index (χ0v) is 19.3. The van der Waals surface area contributed by atoms with Gasteiger partial charge in [0.25, 0.3) is 5.91 Å². The van der Waals surface area contributed by atoms with Gasteiger partial charge < -0.3 is 15.0 Å². The van der Waals surface area contributed by atoms with Crippen molar-refractivity contribution in [1.82, 2.24) is 0 Å². The lowest BCUT2D eigenvalue weighted by atomic mass is 10.1. The van der Waals surface area contributed by atoms with Gasteiger partial charge in [-0.15, -0.1) is 0 Å². The summed E-state index contributed by atoms with van der Waals surface area (Å²) in [6, 6.07) is 29.8. The van der Waals surface area contributed by atoms with E-state index in [0.29, 0.717) is 29.2 Å². The van der Waals surface area contributed by atoms with E-state index in [1.54, 1.807) is 48.4 Å². The highest BCUT2D eigenvalue weighted by Crippen LogP contribution is 2.23. The molecule has 0 atom stereocenters. The van der Waals surface area contributed by atoms with E-state index in [0.717, 1.165) is 11.1 Å².